The minimum atomic E-state index is -5.65. The summed E-state index contributed by atoms with van der Waals surface area (Å²) in [4.78, 5) is 0. The lowest BCUT2D eigenvalue weighted by Gasteiger charge is -2.27. The topological polar surface area (TPSA) is 26.0 Å². The van der Waals surface area contributed by atoms with Gasteiger partial charge in [-0.2, -0.15) is 22.0 Å². The lowest BCUT2D eigenvalue weighted by Crippen LogP contribution is -2.46. The number of hydrogen-bond acceptors (Lipinski definition) is 1. The Morgan fingerprint density at radius 1 is 1.06 bits per heavy atom. The van der Waals surface area contributed by atoms with Crippen molar-refractivity contribution in [2.45, 2.75) is 32.0 Å². The van der Waals surface area contributed by atoms with E-state index in [-0.39, 0.29) is 5.56 Å². The van der Waals surface area contributed by atoms with Crippen LogP contribution in [0.1, 0.15) is 22.7 Å². The molecule has 1 aromatic carbocycles. The van der Waals surface area contributed by atoms with Crippen molar-refractivity contribution in [1.29, 1.82) is 0 Å². The Bertz CT molecular complexity index is 411. The van der Waals surface area contributed by atoms with Crippen molar-refractivity contribution >= 4 is 0 Å². The molecule has 0 aliphatic rings. The number of aryl methyl sites for hydroxylation is 2. The van der Waals surface area contributed by atoms with E-state index in [0.717, 1.165) is 0 Å². The standard InChI is InChI=1S/C11H12F5N/c1-6-3-4-7(2)8(5-6)9(17)10(12,13)11(14,15)16/h3-5,9H,17H2,1-2H3. The Labute approximate surface area is 95.4 Å². The number of hydrogen-bond donors (Lipinski definition) is 1. The monoisotopic (exact) mass is 253 g/mol. The Hall–Kier alpha value is -1.17. The molecule has 0 saturated carbocycles. The minimum Gasteiger partial charge on any atom is -0.319 e. The molecule has 0 fully saturated rings. The summed E-state index contributed by atoms with van der Waals surface area (Å²) in [6.45, 7) is 3.04. The molecular formula is C11H12F5N. The summed E-state index contributed by atoms with van der Waals surface area (Å²) in [7, 11) is 0. The van der Waals surface area contributed by atoms with Crippen LogP contribution in [0.3, 0.4) is 0 Å². The molecule has 17 heavy (non-hydrogen) atoms. The number of nitrogens with two attached hydrogens (primary N) is 1. The van der Waals surface area contributed by atoms with Crippen molar-refractivity contribution < 1.29 is 22.0 Å². The van der Waals surface area contributed by atoms with Crippen LogP contribution in [0, 0.1) is 13.8 Å². The highest BCUT2D eigenvalue weighted by Gasteiger charge is 2.61. The fraction of sp³-hybridized carbons (Fsp3) is 0.455. The van der Waals surface area contributed by atoms with Gasteiger partial charge in [0, 0.05) is 0 Å². The number of halogens is 5. The zero-order chi connectivity index (χ0) is 13.4. The maximum Gasteiger partial charge on any atom is 0.455 e. The van der Waals surface area contributed by atoms with Crippen LogP contribution >= 0.6 is 0 Å². The number of rotatable bonds is 2. The van der Waals surface area contributed by atoms with Crippen LogP contribution in [0.25, 0.3) is 0 Å². The fourth-order valence-corrected chi connectivity index (χ4v) is 1.47. The summed E-state index contributed by atoms with van der Waals surface area (Å²) < 4.78 is 62.7. The van der Waals surface area contributed by atoms with Crippen molar-refractivity contribution in [3.8, 4) is 0 Å². The van der Waals surface area contributed by atoms with Crippen molar-refractivity contribution in [1.82, 2.24) is 0 Å². The van der Waals surface area contributed by atoms with Gasteiger partial charge in [-0.15, -0.1) is 0 Å². The summed E-state index contributed by atoms with van der Waals surface area (Å²) in [6.07, 6.45) is -5.65. The van der Waals surface area contributed by atoms with E-state index in [1.165, 1.54) is 19.1 Å². The average Bonchev–Trinajstić information content (AvgIpc) is 2.19. The van der Waals surface area contributed by atoms with E-state index in [4.69, 9.17) is 5.73 Å². The molecule has 0 amide bonds. The largest absolute Gasteiger partial charge is 0.455 e. The van der Waals surface area contributed by atoms with E-state index >= 15 is 0 Å². The third kappa shape index (κ3) is 2.57. The molecular weight excluding hydrogens is 241 g/mol. The molecule has 1 rings (SSSR count). The lowest BCUT2D eigenvalue weighted by atomic mass is 9.95. The molecule has 1 atom stereocenters. The summed E-state index contributed by atoms with van der Waals surface area (Å²) in [5.74, 6) is -4.94. The molecule has 1 nitrogen and oxygen atoms in total. The molecule has 0 aliphatic carbocycles. The van der Waals surface area contributed by atoms with Gasteiger partial charge in [0.15, 0.2) is 0 Å². The zero-order valence-corrected chi connectivity index (χ0v) is 9.28. The summed E-state index contributed by atoms with van der Waals surface area (Å²) >= 11 is 0. The van der Waals surface area contributed by atoms with Gasteiger partial charge in [0.25, 0.3) is 0 Å². The van der Waals surface area contributed by atoms with E-state index in [0.29, 0.717) is 11.1 Å². The van der Waals surface area contributed by atoms with Crippen LogP contribution in [0.5, 0.6) is 0 Å². The first kappa shape index (κ1) is 13.9. The van der Waals surface area contributed by atoms with Crippen LogP contribution < -0.4 is 5.73 Å². The first-order chi connectivity index (χ1) is 7.57. The molecule has 96 valence electrons. The van der Waals surface area contributed by atoms with Gasteiger partial charge in [-0.1, -0.05) is 23.8 Å². The van der Waals surface area contributed by atoms with Crippen LogP contribution in [0.15, 0.2) is 18.2 Å². The molecule has 0 spiro atoms. The summed E-state index contributed by atoms with van der Waals surface area (Å²) in [5.41, 5.74) is 5.77. The van der Waals surface area contributed by atoms with Crippen molar-refractivity contribution in [3.05, 3.63) is 34.9 Å². The van der Waals surface area contributed by atoms with E-state index in [1.54, 1.807) is 13.0 Å². The Kier molecular flexibility index (Phi) is 3.47. The number of alkyl halides is 5. The van der Waals surface area contributed by atoms with Gasteiger partial charge in [0.2, 0.25) is 0 Å². The van der Waals surface area contributed by atoms with Crippen LogP contribution in [0.2, 0.25) is 0 Å². The van der Waals surface area contributed by atoms with Crippen LogP contribution in [0.4, 0.5) is 22.0 Å². The molecule has 0 radical (unpaired) electrons. The highest BCUT2D eigenvalue weighted by atomic mass is 19.4. The van der Waals surface area contributed by atoms with Gasteiger partial charge in [-0.25, -0.2) is 0 Å². The second-order valence-corrected chi connectivity index (χ2v) is 3.96. The maximum atomic E-state index is 13.1. The smallest absolute Gasteiger partial charge is 0.319 e. The van der Waals surface area contributed by atoms with E-state index < -0.39 is 18.1 Å². The maximum absolute atomic E-state index is 13.1. The molecule has 0 aliphatic heterocycles. The average molecular weight is 253 g/mol. The predicted molar refractivity (Wildman–Crippen MR) is 53.8 cm³/mol. The second-order valence-electron chi connectivity index (χ2n) is 3.96. The molecule has 2 N–H and O–H groups in total. The third-order valence-electron chi connectivity index (χ3n) is 2.54. The predicted octanol–water partition coefficient (Wildman–Crippen LogP) is 3.50. The first-order valence-electron chi connectivity index (χ1n) is 4.84. The van der Waals surface area contributed by atoms with Crippen molar-refractivity contribution in [2.24, 2.45) is 5.73 Å². The summed E-state index contributed by atoms with van der Waals surface area (Å²) in [5, 5.41) is 0. The minimum absolute atomic E-state index is 0.188. The van der Waals surface area contributed by atoms with Crippen LogP contribution in [-0.4, -0.2) is 12.1 Å². The fourth-order valence-electron chi connectivity index (χ4n) is 1.47. The third-order valence-corrected chi connectivity index (χ3v) is 2.54. The second kappa shape index (κ2) is 4.25. The van der Waals surface area contributed by atoms with Crippen molar-refractivity contribution in [2.75, 3.05) is 0 Å². The molecule has 1 aromatic rings. The Morgan fingerprint density at radius 2 is 1.59 bits per heavy atom. The molecule has 0 heterocycles. The van der Waals surface area contributed by atoms with E-state index in [2.05, 4.69) is 0 Å². The van der Waals surface area contributed by atoms with E-state index in [1.807, 2.05) is 0 Å². The molecule has 1 unspecified atom stereocenters. The molecule has 6 heteroatoms. The zero-order valence-electron chi connectivity index (χ0n) is 9.28. The normalized spacial score (nSPS) is 14.8. The van der Waals surface area contributed by atoms with E-state index in [9.17, 15) is 22.0 Å². The summed E-state index contributed by atoms with van der Waals surface area (Å²) in [6, 6.07) is 1.95. The Balaban J connectivity index is 3.21. The Morgan fingerprint density at radius 3 is 2.06 bits per heavy atom. The SMILES string of the molecule is Cc1ccc(C)c(C(N)C(F)(F)C(F)(F)F)c1. The highest BCUT2D eigenvalue weighted by molar-refractivity contribution is 5.34. The van der Waals surface area contributed by atoms with Gasteiger partial charge in [-0.3, -0.25) is 0 Å². The van der Waals surface area contributed by atoms with Crippen LogP contribution in [-0.2, 0) is 0 Å². The molecule has 0 aromatic heterocycles. The van der Waals surface area contributed by atoms with Gasteiger partial charge >= 0.3 is 12.1 Å². The quantitative estimate of drug-likeness (QED) is 0.802. The first-order valence-corrected chi connectivity index (χ1v) is 4.84. The highest BCUT2D eigenvalue weighted by Crippen LogP contribution is 2.43. The lowest BCUT2D eigenvalue weighted by molar-refractivity contribution is -0.291. The number of benzene rings is 1. The molecule has 0 bridgehead atoms. The van der Waals surface area contributed by atoms with Gasteiger partial charge < -0.3 is 5.73 Å². The van der Waals surface area contributed by atoms with Gasteiger partial charge in [-0.05, 0) is 25.0 Å². The molecule has 0 saturated heterocycles. The van der Waals surface area contributed by atoms with Crippen molar-refractivity contribution in [3.63, 3.8) is 0 Å². The van der Waals surface area contributed by atoms with Gasteiger partial charge in [0.1, 0.15) is 6.04 Å². The van der Waals surface area contributed by atoms with Gasteiger partial charge in [0.05, 0.1) is 0 Å².